The number of amides is 2. The Hall–Kier alpha value is -3.13. The van der Waals surface area contributed by atoms with Crippen molar-refractivity contribution in [1.82, 2.24) is 14.1 Å². The number of hydrogen-bond acceptors (Lipinski definition) is 4. The quantitative estimate of drug-likeness (QED) is 0.490. The second-order valence-corrected chi connectivity index (χ2v) is 13.0. The Morgan fingerprint density at radius 2 is 1.23 bits per heavy atom. The molecule has 35 heavy (non-hydrogen) atoms. The van der Waals surface area contributed by atoms with E-state index in [4.69, 9.17) is 0 Å². The average Bonchev–Trinajstić information content (AvgIpc) is 3.16. The fourth-order valence-electron chi connectivity index (χ4n) is 4.22. The van der Waals surface area contributed by atoms with Gasteiger partial charge < -0.3 is 0 Å². The Kier molecular flexibility index (Phi) is 6.08. The number of fused-ring (bicyclic) bond motifs is 1. The van der Waals surface area contributed by atoms with E-state index in [1.54, 1.807) is 7.05 Å². The molecule has 0 bridgehead atoms. The summed E-state index contributed by atoms with van der Waals surface area (Å²) in [6, 6.07) is 15.3. The summed E-state index contributed by atoms with van der Waals surface area (Å²) in [5.74, 6) is 0. The summed E-state index contributed by atoms with van der Waals surface area (Å²) in [4.78, 5) is 15.1. The first-order chi connectivity index (χ1) is 16.2. The van der Waals surface area contributed by atoms with Gasteiger partial charge in [0.25, 0.3) is 10.0 Å². The maximum atomic E-state index is 13.6. The number of anilines is 1. The van der Waals surface area contributed by atoms with Crippen LogP contribution < -0.4 is 4.90 Å². The van der Waals surface area contributed by atoms with Gasteiger partial charge in [-0.25, -0.2) is 9.10 Å². The van der Waals surface area contributed by atoms with Crippen LogP contribution in [0.15, 0.2) is 59.8 Å². The fourth-order valence-corrected chi connectivity index (χ4v) is 5.86. The third-order valence-electron chi connectivity index (χ3n) is 6.44. The predicted octanol–water partition coefficient (Wildman–Crippen LogP) is 5.35. The van der Waals surface area contributed by atoms with Crippen molar-refractivity contribution in [3.8, 4) is 0 Å². The van der Waals surface area contributed by atoms with E-state index in [1.807, 2.05) is 36.4 Å². The van der Waals surface area contributed by atoms with E-state index in [-0.39, 0.29) is 28.9 Å². The number of rotatable bonds is 4. The van der Waals surface area contributed by atoms with Crippen LogP contribution in [0.4, 0.5) is 10.5 Å². The third kappa shape index (κ3) is 4.72. The van der Waals surface area contributed by atoms with Crippen molar-refractivity contribution < 1.29 is 13.2 Å². The largest absolute Gasteiger partial charge is 0.339 e. The molecule has 2 heterocycles. The van der Waals surface area contributed by atoms with E-state index in [9.17, 15) is 13.2 Å². The molecule has 0 N–H and O–H groups in total. The van der Waals surface area contributed by atoms with Crippen molar-refractivity contribution in [2.24, 2.45) is 7.05 Å². The van der Waals surface area contributed by atoms with Crippen molar-refractivity contribution in [3.05, 3.63) is 77.0 Å². The molecule has 0 radical (unpaired) electrons. The van der Waals surface area contributed by atoms with Gasteiger partial charge in [-0.15, -0.1) is 0 Å². The first-order valence-corrected chi connectivity index (χ1v) is 13.2. The lowest BCUT2D eigenvalue weighted by Gasteiger charge is -2.35. The first-order valence-electron chi connectivity index (χ1n) is 11.7. The molecule has 1 aliphatic rings. The van der Waals surface area contributed by atoms with E-state index in [2.05, 4.69) is 58.8 Å². The number of carbonyl (C=O) groups excluding carboxylic acids is 1. The molecule has 0 unspecified atom stereocenters. The number of aryl methyl sites for hydroxylation is 1. The van der Waals surface area contributed by atoms with Crippen LogP contribution in [0.1, 0.15) is 63.8 Å². The number of hydrogen-bond donors (Lipinski definition) is 0. The molecule has 1 aliphatic heterocycles. The van der Waals surface area contributed by atoms with Gasteiger partial charge in [-0.05, 0) is 33.1 Å². The summed E-state index contributed by atoms with van der Waals surface area (Å²) in [6.45, 7) is 13.0. The van der Waals surface area contributed by atoms with Gasteiger partial charge in [0, 0.05) is 7.05 Å². The zero-order valence-electron chi connectivity index (χ0n) is 21.5. The van der Waals surface area contributed by atoms with Gasteiger partial charge in [0.1, 0.15) is 5.69 Å². The molecule has 1 aromatic heterocycles. The summed E-state index contributed by atoms with van der Waals surface area (Å²) >= 11 is 0. The zero-order valence-corrected chi connectivity index (χ0v) is 22.3. The van der Waals surface area contributed by atoms with E-state index < -0.39 is 16.1 Å². The first kappa shape index (κ1) is 25.0. The fraction of sp³-hybridized carbons (Fsp3) is 0.407. The second kappa shape index (κ2) is 8.52. The number of nitrogens with zero attached hydrogens (tertiary/aromatic N) is 4. The van der Waals surface area contributed by atoms with E-state index in [0.29, 0.717) is 5.69 Å². The third-order valence-corrected chi connectivity index (χ3v) is 8.27. The highest BCUT2D eigenvalue weighted by Crippen LogP contribution is 2.36. The van der Waals surface area contributed by atoms with Gasteiger partial charge in [0.15, 0.2) is 5.03 Å². The molecule has 8 heteroatoms. The SMILES string of the molecule is Cn1ncc2c1S(=O)(=O)N(Cc1ccc(C(C)(C)C)cc1)C(=O)N2Cc1ccc(C(C)(C)C)cc1. The Labute approximate surface area is 208 Å². The lowest BCUT2D eigenvalue weighted by molar-refractivity contribution is 0.225. The molecule has 4 rings (SSSR count). The van der Waals surface area contributed by atoms with Gasteiger partial charge in [-0.1, -0.05) is 90.1 Å². The molecule has 3 aromatic rings. The van der Waals surface area contributed by atoms with Gasteiger partial charge in [0.05, 0.1) is 19.3 Å². The van der Waals surface area contributed by atoms with E-state index >= 15 is 0 Å². The standard InChI is InChI=1S/C27H34N4O3S/c1-26(2,3)21-12-8-19(9-13-21)17-30-23-16-28-29(7)24(23)35(33,34)31(25(30)32)18-20-10-14-22(15-11-20)27(4,5)6/h8-16H,17-18H2,1-7H3. The van der Waals surface area contributed by atoms with Gasteiger partial charge in [0.2, 0.25) is 0 Å². The average molecular weight is 495 g/mol. The summed E-state index contributed by atoms with van der Waals surface area (Å²) in [5, 5.41) is 4.19. The van der Waals surface area contributed by atoms with Crippen LogP contribution in [0.5, 0.6) is 0 Å². The predicted molar refractivity (Wildman–Crippen MR) is 138 cm³/mol. The van der Waals surface area contributed by atoms with Crippen LogP contribution in [-0.2, 0) is 41.0 Å². The van der Waals surface area contributed by atoms with Crippen LogP contribution in [0.2, 0.25) is 0 Å². The monoisotopic (exact) mass is 494 g/mol. The minimum absolute atomic E-state index is 0.0173. The zero-order chi connectivity index (χ0) is 25.8. The summed E-state index contributed by atoms with van der Waals surface area (Å²) in [7, 11) is -2.48. The van der Waals surface area contributed by atoms with Gasteiger partial charge in [-0.3, -0.25) is 9.58 Å². The number of aromatic nitrogens is 2. The molecule has 0 fully saturated rings. The Morgan fingerprint density at radius 1 is 0.771 bits per heavy atom. The smallest absolute Gasteiger partial charge is 0.285 e. The lowest BCUT2D eigenvalue weighted by atomic mass is 9.87. The number of urea groups is 1. The van der Waals surface area contributed by atoms with Crippen molar-refractivity contribution in [2.75, 3.05) is 4.90 Å². The normalized spacial score (nSPS) is 15.9. The molecule has 0 saturated carbocycles. The molecule has 0 spiro atoms. The highest BCUT2D eigenvalue weighted by Gasteiger charge is 2.44. The minimum atomic E-state index is -4.06. The summed E-state index contributed by atoms with van der Waals surface area (Å²) in [6.07, 6.45) is 1.45. The molecular formula is C27H34N4O3S. The molecule has 0 saturated heterocycles. The van der Waals surface area contributed by atoms with Crippen LogP contribution in [-0.4, -0.2) is 28.5 Å². The Bertz CT molecular complexity index is 1340. The summed E-state index contributed by atoms with van der Waals surface area (Å²) in [5.41, 5.74) is 4.29. The maximum Gasteiger partial charge on any atom is 0.339 e. The van der Waals surface area contributed by atoms with Crippen molar-refractivity contribution in [2.45, 2.75) is 70.5 Å². The van der Waals surface area contributed by atoms with Gasteiger partial charge >= 0.3 is 6.03 Å². The number of sulfonamides is 1. The molecule has 0 aliphatic carbocycles. The summed E-state index contributed by atoms with van der Waals surface area (Å²) < 4.78 is 29.3. The van der Waals surface area contributed by atoms with Crippen LogP contribution >= 0.6 is 0 Å². The van der Waals surface area contributed by atoms with Crippen LogP contribution in [0.25, 0.3) is 0 Å². The number of carbonyl (C=O) groups is 1. The van der Waals surface area contributed by atoms with Crippen molar-refractivity contribution >= 4 is 21.7 Å². The molecule has 2 amide bonds. The highest BCUT2D eigenvalue weighted by atomic mass is 32.2. The Balaban J connectivity index is 1.69. The lowest BCUT2D eigenvalue weighted by Crippen LogP contribution is -2.50. The molecule has 0 atom stereocenters. The molecule has 7 nitrogen and oxygen atoms in total. The minimum Gasteiger partial charge on any atom is -0.285 e. The molecule has 2 aromatic carbocycles. The van der Waals surface area contributed by atoms with E-state index in [1.165, 1.54) is 21.3 Å². The van der Waals surface area contributed by atoms with Crippen molar-refractivity contribution in [1.29, 1.82) is 0 Å². The second-order valence-electron chi connectivity index (χ2n) is 11.2. The topological polar surface area (TPSA) is 75.5 Å². The highest BCUT2D eigenvalue weighted by molar-refractivity contribution is 7.89. The van der Waals surface area contributed by atoms with Crippen LogP contribution in [0, 0.1) is 0 Å². The van der Waals surface area contributed by atoms with E-state index in [0.717, 1.165) is 21.0 Å². The molecule has 186 valence electrons. The Morgan fingerprint density at radius 3 is 1.69 bits per heavy atom. The molecular weight excluding hydrogens is 460 g/mol. The number of benzene rings is 2. The maximum absolute atomic E-state index is 13.6. The van der Waals surface area contributed by atoms with Gasteiger partial charge in [-0.2, -0.15) is 13.5 Å². The van der Waals surface area contributed by atoms with Crippen molar-refractivity contribution in [3.63, 3.8) is 0 Å². The van der Waals surface area contributed by atoms with Crippen LogP contribution in [0.3, 0.4) is 0 Å².